The molecule has 0 aliphatic carbocycles. The first kappa shape index (κ1) is 17.3. The van der Waals surface area contributed by atoms with Crippen LogP contribution in [0.3, 0.4) is 0 Å². The smallest absolute Gasteiger partial charge is 0.305 e. The molecule has 5 nitrogen and oxygen atoms in total. The van der Waals surface area contributed by atoms with Crippen molar-refractivity contribution in [1.29, 1.82) is 0 Å². The molecule has 7 heteroatoms. The lowest BCUT2D eigenvalue weighted by Gasteiger charge is -2.25. The Bertz CT molecular complexity index is 593. The van der Waals surface area contributed by atoms with Crippen LogP contribution in [0.4, 0.5) is 8.78 Å². The molecule has 2 rings (SSSR count). The molecule has 0 spiro atoms. The van der Waals surface area contributed by atoms with Gasteiger partial charge in [0.25, 0.3) is 5.91 Å². The molecule has 1 aromatic carbocycles. The molecule has 1 heterocycles. The molecule has 0 aromatic heterocycles. The van der Waals surface area contributed by atoms with Gasteiger partial charge in [-0.05, 0) is 37.5 Å². The molecule has 126 valence electrons. The van der Waals surface area contributed by atoms with Gasteiger partial charge in [0.2, 0.25) is 0 Å². The van der Waals surface area contributed by atoms with E-state index in [1.165, 1.54) is 11.0 Å². The summed E-state index contributed by atoms with van der Waals surface area (Å²) in [6, 6.07) is 3.37. The van der Waals surface area contributed by atoms with Crippen molar-refractivity contribution in [2.75, 3.05) is 6.54 Å². The second-order valence-electron chi connectivity index (χ2n) is 5.66. The van der Waals surface area contributed by atoms with Gasteiger partial charge in [0.1, 0.15) is 6.10 Å². The Morgan fingerprint density at radius 2 is 2.04 bits per heavy atom. The van der Waals surface area contributed by atoms with E-state index < -0.39 is 23.7 Å². The third-order valence-electron chi connectivity index (χ3n) is 3.77. The van der Waals surface area contributed by atoms with Gasteiger partial charge in [-0.3, -0.25) is 9.59 Å². The zero-order chi connectivity index (χ0) is 17.0. The van der Waals surface area contributed by atoms with Crippen molar-refractivity contribution in [3.63, 3.8) is 0 Å². The molecule has 2 unspecified atom stereocenters. The van der Waals surface area contributed by atoms with Crippen LogP contribution in [0.2, 0.25) is 0 Å². The molecular weight excluding hydrogens is 308 g/mol. The number of halogens is 2. The first-order valence-electron chi connectivity index (χ1n) is 7.46. The Balaban J connectivity index is 2.10. The number of hydrogen-bond acceptors (Lipinski definition) is 3. The summed E-state index contributed by atoms with van der Waals surface area (Å²) in [6.07, 6.45) is 0.477. The zero-order valence-corrected chi connectivity index (χ0v) is 12.8. The highest BCUT2D eigenvalue weighted by Gasteiger charge is 2.31. The third-order valence-corrected chi connectivity index (χ3v) is 3.77. The topological polar surface area (TPSA) is 66.8 Å². The van der Waals surface area contributed by atoms with Crippen molar-refractivity contribution in [2.45, 2.75) is 44.9 Å². The minimum atomic E-state index is -1.03. The Hall–Kier alpha value is -2.02. The molecule has 1 aliphatic heterocycles. The van der Waals surface area contributed by atoms with Crippen LogP contribution in [0.5, 0.6) is 0 Å². The standard InChI is InChI=1S/C16H19F2NO4/c1-10-2-5-14(23-10)16(22)19(7-6-15(20)21)9-11-3-4-12(17)13(18)8-11/h3-4,8,10,14H,2,5-7,9H2,1H3,(H,20,21). The SMILES string of the molecule is CC1CCC(C(=O)N(CCC(=O)O)Cc2ccc(F)c(F)c2)O1. The summed E-state index contributed by atoms with van der Waals surface area (Å²) in [7, 11) is 0. The number of hydrogen-bond donors (Lipinski definition) is 1. The van der Waals surface area contributed by atoms with Crippen LogP contribution in [-0.2, 0) is 20.9 Å². The van der Waals surface area contributed by atoms with Gasteiger partial charge in [-0.25, -0.2) is 8.78 Å². The fraction of sp³-hybridized carbons (Fsp3) is 0.500. The molecular formula is C16H19F2NO4. The van der Waals surface area contributed by atoms with Crippen molar-refractivity contribution >= 4 is 11.9 Å². The Morgan fingerprint density at radius 1 is 1.30 bits per heavy atom. The molecule has 0 radical (unpaired) electrons. The van der Waals surface area contributed by atoms with Crippen LogP contribution >= 0.6 is 0 Å². The van der Waals surface area contributed by atoms with E-state index in [0.29, 0.717) is 12.0 Å². The normalized spacial score (nSPS) is 20.5. The lowest BCUT2D eigenvalue weighted by molar-refractivity contribution is -0.145. The number of ether oxygens (including phenoxy) is 1. The van der Waals surface area contributed by atoms with Crippen molar-refractivity contribution in [3.8, 4) is 0 Å². The van der Waals surface area contributed by atoms with Gasteiger partial charge in [0.15, 0.2) is 11.6 Å². The Morgan fingerprint density at radius 3 is 2.61 bits per heavy atom. The molecule has 1 saturated heterocycles. The second kappa shape index (κ2) is 7.50. The van der Waals surface area contributed by atoms with Crippen LogP contribution < -0.4 is 0 Å². The first-order chi connectivity index (χ1) is 10.9. The summed E-state index contributed by atoms with van der Waals surface area (Å²) < 4.78 is 31.8. The lowest BCUT2D eigenvalue weighted by atomic mass is 10.1. The summed E-state index contributed by atoms with van der Waals surface area (Å²) in [5.74, 6) is -3.32. The maximum absolute atomic E-state index is 13.3. The average Bonchev–Trinajstić information content (AvgIpc) is 2.92. The van der Waals surface area contributed by atoms with Gasteiger partial charge < -0.3 is 14.7 Å². The van der Waals surface area contributed by atoms with E-state index in [-0.39, 0.29) is 31.5 Å². The number of carboxylic acids is 1. The fourth-order valence-corrected chi connectivity index (χ4v) is 2.54. The maximum atomic E-state index is 13.3. The lowest BCUT2D eigenvalue weighted by Crippen LogP contribution is -2.40. The van der Waals surface area contributed by atoms with E-state index >= 15 is 0 Å². The maximum Gasteiger partial charge on any atom is 0.305 e. The largest absolute Gasteiger partial charge is 0.481 e. The van der Waals surface area contributed by atoms with Gasteiger partial charge in [0.05, 0.1) is 12.5 Å². The van der Waals surface area contributed by atoms with Crippen LogP contribution in [0.1, 0.15) is 31.7 Å². The Kier molecular flexibility index (Phi) is 5.65. The number of amides is 1. The Labute approximate surface area is 132 Å². The minimum absolute atomic E-state index is 0.0115. The molecule has 0 bridgehead atoms. The van der Waals surface area contributed by atoms with Crippen LogP contribution in [-0.4, -0.2) is 40.6 Å². The highest BCUT2D eigenvalue weighted by atomic mass is 19.2. The molecule has 2 atom stereocenters. The van der Waals surface area contributed by atoms with Crippen LogP contribution in [0, 0.1) is 11.6 Å². The van der Waals surface area contributed by atoms with E-state index in [4.69, 9.17) is 9.84 Å². The molecule has 1 amide bonds. The molecule has 1 aliphatic rings. The average molecular weight is 327 g/mol. The predicted octanol–water partition coefficient (Wildman–Crippen LogP) is 2.34. The van der Waals surface area contributed by atoms with Gasteiger partial charge in [0, 0.05) is 13.1 Å². The fourth-order valence-electron chi connectivity index (χ4n) is 2.54. The van der Waals surface area contributed by atoms with E-state index in [1.807, 2.05) is 6.92 Å². The third kappa shape index (κ3) is 4.72. The molecule has 1 fully saturated rings. The first-order valence-corrected chi connectivity index (χ1v) is 7.46. The van der Waals surface area contributed by atoms with E-state index in [1.54, 1.807) is 0 Å². The zero-order valence-electron chi connectivity index (χ0n) is 12.8. The number of carbonyl (C=O) groups excluding carboxylic acids is 1. The van der Waals surface area contributed by atoms with Gasteiger partial charge >= 0.3 is 5.97 Å². The van der Waals surface area contributed by atoms with Crippen molar-refractivity contribution in [1.82, 2.24) is 4.90 Å². The van der Waals surface area contributed by atoms with Gasteiger partial charge in [-0.2, -0.15) is 0 Å². The predicted molar refractivity (Wildman–Crippen MR) is 77.6 cm³/mol. The van der Waals surface area contributed by atoms with E-state index in [9.17, 15) is 18.4 Å². The number of carboxylic acid groups (broad SMARTS) is 1. The molecule has 1 aromatic rings. The number of aliphatic carboxylic acids is 1. The quantitative estimate of drug-likeness (QED) is 0.871. The minimum Gasteiger partial charge on any atom is -0.481 e. The monoisotopic (exact) mass is 327 g/mol. The number of nitrogens with zero attached hydrogens (tertiary/aromatic N) is 1. The molecule has 23 heavy (non-hydrogen) atoms. The summed E-state index contributed by atoms with van der Waals surface area (Å²) in [5, 5.41) is 8.82. The number of rotatable bonds is 6. The van der Waals surface area contributed by atoms with Crippen molar-refractivity contribution in [3.05, 3.63) is 35.4 Å². The highest BCUT2D eigenvalue weighted by Crippen LogP contribution is 2.22. The van der Waals surface area contributed by atoms with Crippen molar-refractivity contribution < 1.29 is 28.2 Å². The van der Waals surface area contributed by atoms with Crippen molar-refractivity contribution in [2.24, 2.45) is 0 Å². The molecule has 0 saturated carbocycles. The van der Waals surface area contributed by atoms with Gasteiger partial charge in [-0.15, -0.1) is 0 Å². The molecule has 1 N–H and O–H groups in total. The highest BCUT2D eigenvalue weighted by molar-refractivity contribution is 5.81. The number of carbonyl (C=O) groups is 2. The van der Waals surface area contributed by atoms with Crippen LogP contribution in [0.25, 0.3) is 0 Å². The van der Waals surface area contributed by atoms with Gasteiger partial charge in [-0.1, -0.05) is 6.07 Å². The summed E-state index contributed by atoms with van der Waals surface area (Å²) in [5.41, 5.74) is 0.397. The number of benzene rings is 1. The summed E-state index contributed by atoms with van der Waals surface area (Å²) in [6.45, 7) is 1.86. The van der Waals surface area contributed by atoms with E-state index in [0.717, 1.165) is 18.6 Å². The van der Waals surface area contributed by atoms with E-state index in [2.05, 4.69) is 0 Å². The van der Waals surface area contributed by atoms with Crippen LogP contribution in [0.15, 0.2) is 18.2 Å². The summed E-state index contributed by atoms with van der Waals surface area (Å²) in [4.78, 5) is 24.6. The second-order valence-corrected chi connectivity index (χ2v) is 5.66. The summed E-state index contributed by atoms with van der Waals surface area (Å²) >= 11 is 0.